The zero-order valence-corrected chi connectivity index (χ0v) is 19.3. The van der Waals surface area contributed by atoms with Crippen LogP contribution in [0.3, 0.4) is 0 Å². The van der Waals surface area contributed by atoms with Crippen molar-refractivity contribution in [2.75, 3.05) is 13.2 Å². The lowest BCUT2D eigenvalue weighted by Gasteiger charge is -2.31. The molecule has 194 valence electrons. The maximum atomic E-state index is 13.2. The first kappa shape index (κ1) is 25.4. The topological polar surface area (TPSA) is 134 Å². The molecule has 3 atom stereocenters. The van der Waals surface area contributed by atoms with Gasteiger partial charge < -0.3 is 20.9 Å². The number of likely N-dealkylation sites (tertiary alicyclic amines) is 1. The summed E-state index contributed by atoms with van der Waals surface area (Å²) in [4.78, 5) is 64.6. The molecule has 2 saturated heterocycles. The molecule has 4 fully saturated rings. The largest absolute Gasteiger partial charge is 0.522 e. The lowest BCUT2D eigenvalue weighted by molar-refractivity contribution is -0.321. The highest BCUT2D eigenvalue weighted by Crippen LogP contribution is 2.52. The van der Waals surface area contributed by atoms with Crippen molar-refractivity contribution < 1.29 is 41.9 Å². The van der Waals surface area contributed by atoms with Crippen LogP contribution in [0, 0.1) is 5.92 Å². The van der Waals surface area contributed by atoms with Crippen LogP contribution in [-0.4, -0.2) is 77.0 Å². The van der Waals surface area contributed by atoms with E-state index in [1.54, 1.807) is 0 Å². The van der Waals surface area contributed by atoms with E-state index in [1.165, 1.54) is 4.90 Å². The van der Waals surface area contributed by atoms with Crippen molar-refractivity contribution in [1.82, 2.24) is 20.9 Å². The van der Waals surface area contributed by atoms with Crippen molar-refractivity contribution in [2.45, 2.75) is 87.8 Å². The Labute approximate surface area is 199 Å². The zero-order chi connectivity index (χ0) is 25.6. The smallest absolute Gasteiger partial charge is 0.356 e. The van der Waals surface area contributed by atoms with Gasteiger partial charge in [-0.2, -0.15) is 0 Å². The first-order chi connectivity index (χ1) is 16.3. The van der Waals surface area contributed by atoms with Gasteiger partial charge in [-0.1, -0.05) is 0 Å². The molecule has 2 aliphatic carbocycles. The fourth-order valence-corrected chi connectivity index (χ4v) is 4.92. The number of nitrogens with zero attached hydrogens (tertiary/aromatic N) is 1. The zero-order valence-electron chi connectivity index (χ0n) is 19.3. The van der Waals surface area contributed by atoms with Crippen molar-refractivity contribution >= 4 is 29.4 Å². The van der Waals surface area contributed by atoms with Gasteiger partial charge in [-0.3, -0.25) is 28.7 Å². The van der Waals surface area contributed by atoms with E-state index >= 15 is 0 Å². The Hall–Kier alpha value is -2.70. The second kappa shape index (κ2) is 9.07. The van der Waals surface area contributed by atoms with E-state index in [1.807, 2.05) is 6.92 Å². The molecule has 0 aromatic heterocycles. The maximum Gasteiger partial charge on any atom is 0.522 e. The van der Waals surface area contributed by atoms with E-state index in [2.05, 4.69) is 20.7 Å². The lowest BCUT2D eigenvalue weighted by atomic mass is 9.95. The number of alkyl halides is 3. The van der Waals surface area contributed by atoms with Crippen LogP contribution < -0.4 is 16.0 Å². The summed E-state index contributed by atoms with van der Waals surface area (Å²) in [6.45, 7) is 0.859. The first-order valence-corrected chi connectivity index (χ1v) is 11.8. The highest BCUT2D eigenvalue weighted by molar-refractivity contribution is 6.36. The summed E-state index contributed by atoms with van der Waals surface area (Å²) < 4.78 is 41.1. The molecule has 35 heavy (non-hydrogen) atoms. The molecular weight excluding hydrogens is 473 g/mol. The molecule has 2 heterocycles. The van der Waals surface area contributed by atoms with Crippen LogP contribution in [0.5, 0.6) is 0 Å². The van der Waals surface area contributed by atoms with Crippen molar-refractivity contribution in [3.63, 3.8) is 0 Å². The molecule has 1 unspecified atom stereocenters. The van der Waals surface area contributed by atoms with E-state index in [0.717, 1.165) is 12.8 Å². The van der Waals surface area contributed by atoms with Crippen LogP contribution >= 0.6 is 0 Å². The number of nitrogens with one attached hydrogen (secondary N) is 3. The Morgan fingerprint density at radius 2 is 1.83 bits per heavy atom. The monoisotopic (exact) mass is 502 g/mol. The summed E-state index contributed by atoms with van der Waals surface area (Å²) in [5.74, 6) is -4.41. The third-order valence-electron chi connectivity index (χ3n) is 7.43. The molecule has 4 rings (SSSR count). The van der Waals surface area contributed by atoms with Crippen LogP contribution in [0.4, 0.5) is 13.2 Å². The second-order valence-electron chi connectivity index (χ2n) is 10.2. The lowest BCUT2D eigenvalue weighted by Crippen LogP contribution is -2.57. The number of halogens is 3. The number of ketones is 1. The minimum absolute atomic E-state index is 0.192. The number of carbonyl (C=O) groups excluding carboxylic acids is 5. The van der Waals surface area contributed by atoms with E-state index < -0.39 is 65.6 Å². The van der Waals surface area contributed by atoms with Crippen LogP contribution in [0.2, 0.25) is 0 Å². The summed E-state index contributed by atoms with van der Waals surface area (Å²) in [6, 6.07) is -2.45. The third kappa shape index (κ3) is 5.76. The molecule has 0 aromatic carbocycles. The maximum absolute atomic E-state index is 13.2. The first-order valence-electron chi connectivity index (χ1n) is 11.8. The third-order valence-corrected chi connectivity index (χ3v) is 7.43. The number of ether oxygens (including phenoxy) is 1. The van der Waals surface area contributed by atoms with Gasteiger partial charge in [0.1, 0.15) is 12.6 Å². The molecular formula is C22H29F3N4O6. The summed E-state index contributed by atoms with van der Waals surface area (Å²) >= 11 is 0. The van der Waals surface area contributed by atoms with Crippen LogP contribution in [0.1, 0.15) is 58.3 Å². The van der Waals surface area contributed by atoms with E-state index in [9.17, 15) is 37.1 Å². The van der Waals surface area contributed by atoms with Crippen LogP contribution in [0.15, 0.2) is 0 Å². The molecule has 3 N–H and O–H groups in total. The SMILES string of the molecule is CC1(NC(=O)C(=O)N2[C@H](C(=O)NC(C[C@@H]3CCNC3=O)C(=O)COC(F)(F)F)CCC23CC3)CC1. The van der Waals surface area contributed by atoms with Crippen molar-refractivity contribution in [1.29, 1.82) is 0 Å². The number of rotatable bonds is 8. The molecule has 4 amide bonds. The van der Waals surface area contributed by atoms with Gasteiger partial charge in [-0.15, -0.1) is 13.2 Å². The van der Waals surface area contributed by atoms with Gasteiger partial charge in [0.25, 0.3) is 0 Å². The number of amides is 4. The van der Waals surface area contributed by atoms with Crippen molar-refractivity contribution in [2.24, 2.45) is 5.92 Å². The fraction of sp³-hybridized carbons (Fsp3) is 0.773. The van der Waals surface area contributed by atoms with Gasteiger partial charge in [0.05, 0.1) is 6.04 Å². The molecule has 4 aliphatic rings. The van der Waals surface area contributed by atoms with Gasteiger partial charge in [0.2, 0.25) is 11.8 Å². The average molecular weight is 502 g/mol. The average Bonchev–Trinajstić information content (AvgIpc) is 3.62. The van der Waals surface area contributed by atoms with E-state index in [0.29, 0.717) is 32.2 Å². The summed E-state index contributed by atoms with van der Waals surface area (Å²) in [6.07, 6.45) is -1.33. The number of Topliss-reactive ketones (excluding diaryl/α,β-unsaturated/α-hetero) is 1. The van der Waals surface area contributed by atoms with Crippen molar-refractivity contribution in [3.8, 4) is 0 Å². The quantitative estimate of drug-likeness (QED) is 0.409. The Morgan fingerprint density at radius 1 is 1.14 bits per heavy atom. The van der Waals surface area contributed by atoms with Gasteiger partial charge in [0, 0.05) is 23.5 Å². The minimum atomic E-state index is -5.03. The Balaban J connectivity index is 1.46. The van der Waals surface area contributed by atoms with Gasteiger partial charge >= 0.3 is 18.2 Å². The minimum Gasteiger partial charge on any atom is -0.356 e. The fourth-order valence-electron chi connectivity index (χ4n) is 4.92. The highest BCUT2D eigenvalue weighted by atomic mass is 19.4. The molecule has 0 radical (unpaired) electrons. The van der Waals surface area contributed by atoms with Crippen LogP contribution in [-0.2, 0) is 28.7 Å². The van der Waals surface area contributed by atoms with E-state index in [-0.39, 0.29) is 18.7 Å². The molecule has 0 aromatic rings. The molecule has 2 saturated carbocycles. The normalized spacial score (nSPS) is 26.7. The van der Waals surface area contributed by atoms with Gasteiger partial charge in [0.15, 0.2) is 5.78 Å². The van der Waals surface area contributed by atoms with Crippen molar-refractivity contribution in [3.05, 3.63) is 0 Å². The standard InChI is InChI=1S/C22H29F3N4O6/c1-20(5-6-20)28-18(33)19(34)29-14(2-4-21(29)7-8-21)17(32)27-13(10-12-3-9-26-16(12)31)15(30)11-35-22(23,24)25/h12-14H,2-11H2,1H3,(H,26,31)(H,27,32)(H,28,33)/t12-,13?,14-/m0/s1. The number of hydrogen-bond donors (Lipinski definition) is 3. The molecule has 1 spiro atoms. The highest BCUT2D eigenvalue weighted by Gasteiger charge is 2.59. The molecule has 10 nitrogen and oxygen atoms in total. The summed E-state index contributed by atoms with van der Waals surface area (Å²) in [5.41, 5.74) is -1.02. The molecule has 0 bridgehead atoms. The number of hydrogen-bond acceptors (Lipinski definition) is 6. The Kier molecular flexibility index (Phi) is 6.58. The summed E-state index contributed by atoms with van der Waals surface area (Å²) in [7, 11) is 0. The van der Waals surface area contributed by atoms with Gasteiger partial charge in [-0.05, 0) is 58.3 Å². The van der Waals surface area contributed by atoms with Crippen LogP contribution in [0.25, 0.3) is 0 Å². The summed E-state index contributed by atoms with van der Waals surface area (Å²) in [5, 5.41) is 7.73. The second-order valence-corrected chi connectivity index (χ2v) is 10.2. The predicted molar refractivity (Wildman–Crippen MR) is 112 cm³/mol. The Morgan fingerprint density at radius 3 is 2.37 bits per heavy atom. The van der Waals surface area contributed by atoms with E-state index in [4.69, 9.17) is 0 Å². The predicted octanol–water partition coefficient (Wildman–Crippen LogP) is 0.295. The molecule has 13 heteroatoms. The van der Waals surface area contributed by atoms with Gasteiger partial charge in [-0.25, -0.2) is 0 Å². The number of carbonyl (C=O) groups is 5. The Bertz CT molecular complexity index is 931. The molecule has 2 aliphatic heterocycles.